The molecule has 0 fully saturated rings. The SMILES string of the molecule is COC(=O)C(C/C=C/c1ccccc1)c1ccccc1. The van der Waals surface area contributed by atoms with Crippen molar-refractivity contribution in [2.45, 2.75) is 12.3 Å². The van der Waals surface area contributed by atoms with Gasteiger partial charge in [0, 0.05) is 0 Å². The molecule has 0 aromatic heterocycles. The van der Waals surface area contributed by atoms with Gasteiger partial charge in [-0.2, -0.15) is 0 Å². The second-order valence-corrected chi connectivity index (χ2v) is 4.54. The third-order valence-electron chi connectivity index (χ3n) is 3.17. The van der Waals surface area contributed by atoms with Crippen molar-refractivity contribution < 1.29 is 9.53 Å². The third kappa shape index (κ3) is 3.82. The lowest BCUT2D eigenvalue weighted by Crippen LogP contribution is -2.13. The molecule has 0 radical (unpaired) electrons. The highest BCUT2D eigenvalue weighted by Crippen LogP contribution is 2.22. The van der Waals surface area contributed by atoms with Crippen LogP contribution in [0.2, 0.25) is 0 Å². The lowest BCUT2D eigenvalue weighted by Gasteiger charge is -2.12. The van der Waals surface area contributed by atoms with Gasteiger partial charge in [-0.3, -0.25) is 4.79 Å². The maximum atomic E-state index is 11.9. The van der Waals surface area contributed by atoms with Crippen LogP contribution in [0.3, 0.4) is 0 Å². The molecule has 2 heteroatoms. The molecule has 2 rings (SSSR count). The van der Waals surface area contributed by atoms with Crippen LogP contribution >= 0.6 is 0 Å². The first kappa shape index (κ1) is 14.1. The number of carbonyl (C=O) groups excluding carboxylic acids is 1. The number of esters is 1. The van der Waals surface area contributed by atoms with Gasteiger partial charge in [-0.1, -0.05) is 72.8 Å². The van der Waals surface area contributed by atoms with E-state index in [1.54, 1.807) is 0 Å². The Morgan fingerprint density at radius 2 is 1.65 bits per heavy atom. The van der Waals surface area contributed by atoms with Crippen molar-refractivity contribution >= 4 is 12.0 Å². The highest BCUT2D eigenvalue weighted by molar-refractivity contribution is 5.78. The minimum absolute atomic E-state index is 0.200. The predicted molar refractivity (Wildman–Crippen MR) is 81.3 cm³/mol. The monoisotopic (exact) mass is 266 g/mol. The maximum Gasteiger partial charge on any atom is 0.313 e. The zero-order chi connectivity index (χ0) is 14.2. The maximum absolute atomic E-state index is 11.9. The number of ether oxygens (including phenoxy) is 1. The molecular formula is C18H18O2. The summed E-state index contributed by atoms with van der Waals surface area (Å²) in [5, 5.41) is 0. The molecule has 20 heavy (non-hydrogen) atoms. The molecular weight excluding hydrogens is 248 g/mol. The van der Waals surface area contributed by atoms with E-state index < -0.39 is 0 Å². The molecule has 0 saturated heterocycles. The normalized spacial score (nSPS) is 12.2. The molecule has 102 valence electrons. The molecule has 0 N–H and O–H groups in total. The van der Waals surface area contributed by atoms with Crippen LogP contribution in [0, 0.1) is 0 Å². The number of methoxy groups -OCH3 is 1. The van der Waals surface area contributed by atoms with Crippen LogP contribution in [-0.4, -0.2) is 13.1 Å². The molecule has 2 aromatic rings. The minimum atomic E-state index is -0.249. The summed E-state index contributed by atoms with van der Waals surface area (Å²) < 4.78 is 4.90. The highest BCUT2D eigenvalue weighted by Gasteiger charge is 2.19. The van der Waals surface area contributed by atoms with E-state index in [1.165, 1.54) is 7.11 Å². The zero-order valence-corrected chi connectivity index (χ0v) is 11.5. The van der Waals surface area contributed by atoms with Crippen LogP contribution in [0.15, 0.2) is 66.7 Å². The van der Waals surface area contributed by atoms with Crippen molar-refractivity contribution in [2.75, 3.05) is 7.11 Å². The molecule has 2 nitrogen and oxygen atoms in total. The number of allylic oxidation sites excluding steroid dienone is 1. The van der Waals surface area contributed by atoms with E-state index in [0.717, 1.165) is 11.1 Å². The van der Waals surface area contributed by atoms with Gasteiger partial charge in [-0.05, 0) is 17.5 Å². The van der Waals surface area contributed by atoms with Crippen molar-refractivity contribution in [1.82, 2.24) is 0 Å². The quantitative estimate of drug-likeness (QED) is 0.763. The summed E-state index contributed by atoms with van der Waals surface area (Å²) >= 11 is 0. The molecule has 0 aliphatic rings. The second-order valence-electron chi connectivity index (χ2n) is 4.54. The van der Waals surface area contributed by atoms with Gasteiger partial charge in [-0.15, -0.1) is 0 Å². The van der Waals surface area contributed by atoms with E-state index in [0.29, 0.717) is 6.42 Å². The average molecular weight is 266 g/mol. The van der Waals surface area contributed by atoms with Crippen LogP contribution in [0.4, 0.5) is 0 Å². The Bertz CT molecular complexity index is 558. The van der Waals surface area contributed by atoms with Gasteiger partial charge in [0.1, 0.15) is 0 Å². The number of hydrogen-bond acceptors (Lipinski definition) is 2. The van der Waals surface area contributed by atoms with E-state index in [2.05, 4.69) is 0 Å². The van der Waals surface area contributed by atoms with Gasteiger partial charge in [0.2, 0.25) is 0 Å². The van der Waals surface area contributed by atoms with Crippen LogP contribution in [-0.2, 0) is 9.53 Å². The van der Waals surface area contributed by atoms with Gasteiger partial charge < -0.3 is 4.74 Å². The van der Waals surface area contributed by atoms with E-state index >= 15 is 0 Å². The first-order chi connectivity index (χ1) is 9.81. The Kier molecular flexibility index (Phi) is 5.13. The molecule has 0 saturated carbocycles. The fraction of sp³-hybridized carbons (Fsp3) is 0.167. The van der Waals surface area contributed by atoms with Crippen molar-refractivity contribution in [3.8, 4) is 0 Å². The number of benzene rings is 2. The smallest absolute Gasteiger partial charge is 0.313 e. The van der Waals surface area contributed by atoms with Gasteiger partial charge >= 0.3 is 5.97 Å². The van der Waals surface area contributed by atoms with Crippen LogP contribution < -0.4 is 0 Å². The minimum Gasteiger partial charge on any atom is -0.469 e. The Hall–Kier alpha value is -2.35. The van der Waals surface area contributed by atoms with Crippen molar-refractivity contribution in [1.29, 1.82) is 0 Å². The lowest BCUT2D eigenvalue weighted by atomic mass is 9.95. The summed E-state index contributed by atoms with van der Waals surface area (Å²) in [4.78, 5) is 11.9. The topological polar surface area (TPSA) is 26.3 Å². The molecule has 2 aromatic carbocycles. The first-order valence-corrected chi connectivity index (χ1v) is 6.65. The van der Waals surface area contributed by atoms with Crippen LogP contribution in [0.25, 0.3) is 6.08 Å². The summed E-state index contributed by atoms with van der Waals surface area (Å²) in [5.41, 5.74) is 2.11. The summed E-state index contributed by atoms with van der Waals surface area (Å²) in [6.07, 6.45) is 4.67. The Morgan fingerprint density at radius 1 is 1.05 bits per heavy atom. The highest BCUT2D eigenvalue weighted by atomic mass is 16.5. The largest absolute Gasteiger partial charge is 0.469 e. The molecule has 0 bridgehead atoms. The summed E-state index contributed by atoms with van der Waals surface area (Å²) in [5.74, 6) is -0.449. The Labute approximate surface area is 119 Å². The number of carbonyl (C=O) groups is 1. The van der Waals surface area contributed by atoms with Gasteiger partial charge in [-0.25, -0.2) is 0 Å². The Morgan fingerprint density at radius 3 is 2.25 bits per heavy atom. The van der Waals surface area contributed by atoms with Gasteiger partial charge in [0.05, 0.1) is 13.0 Å². The molecule has 1 unspecified atom stereocenters. The van der Waals surface area contributed by atoms with Crippen LogP contribution in [0.5, 0.6) is 0 Å². The zero-order valence-electron chi connectivity index (χ0n) is 11.5. The molecule has 0 amide bonds. The standard InChI is InChI=1S/C18H18O2/c1-20-18(19)17(16-12-6-3-7-13-16)14-8-11-15-9-4-2-5-10-15/h2-13,17H,14H2,1H3/b11-8+. The summed E-state index contributed by atoms with van der Waals surface area (Å²) in [6, 6.07) is 19.8. The fourth-order valence-electron chi connectivity index (χ4n) is 2.10. The fourth-order valence-corrected chi connectivity index (χ4v) is 2.10. The van der Waals surface area contributed by atoms with Crippen molar-refractivity contribution in [2.24, 2.45) is 0 Å². The number of rotatable bonds is 5. The molecule has 0 heterocycles. The average Bonchev–Trinajstić information content (AvgIpc) is 2.53. The predicted octanol–water partition coefficient (Wildman–Crippen LogP) is 4.05. The van der Waals surface area contributed by atoms with Gasteiger partial charge in [0.15, 0.2) is 0 Å². The molecule has 1 atom stereocenters. The third-order valence-corrected chi connectivity index (χ3v) is 3.17. The Balaban J connectivity index is 2.09. The summed E-state index contributed by atoms with van der Waals surface area (Å²) in [6.45, 7) is 0. The molecule has 0 aliphatic heterocycles. The van der Waals surface area contributed by atoms with Crippen molar-refractivity contribution in [3.63, 3.8) is 0 Å². The van der Waals surface area contributed by atoms with E-state index in [9.17, 15) is 4.79 Å². The van der Waals surface area contributed by atoms with Crippen LogP contribution in [0.1, 0.15) is 23.5 Å². The van der Waals surface area contributed by atoms with Gasteiger partial charge in [0.25, 0.3) is 0 Å². The molecule has 0 aliphatic carbocycles. The van der Waals surface area contributed by atoms with Crippen molar-refractivity contribution in [3.05, 3.63) is 77.9 Å². The van der Waals surface area contributed by atoms with E-state index in [-0.39, 0.29) is 11.9 Å². The van der Waals surface area contributed by atoms with E-state index in [1.807, 2.05) is 72.8 Å². The van der Waals surface area contributed by atoms with E-state index in [4.69, 9.17) is 4.74 Å². The first-order valence-electron chi connectivity index (χ1n) is 6.65. The molecule has 0 spiro atoms. The summed E-state index contributed by atoms with van der Waals surface area (Å²) in [7, 11) is 1.43. The number of hydrogen-bond donors (Lipinski definition) is 0. The second kappa shape index (κ2) is 7.29. The lowest BCUT2D eigenvalue weighted by molar-refractivity contribution is -0.142.